The van der Waals surface area contributed by atoms with Crippen LogP contribution < -0.4 is 33.9 Å². The minimum Gasteiger partial charge on any atom is -0.497 e. The standard InChI is InChI=1S/C36H42FN5O7/c1-45-25-13-15-28(46-2)26(23-25)34(33-30(47-3)10-8-11-31(33)48-4)42(36(43)44)32-16-17-38-35(40-32)39-24-12-14-29(27(37)22-24)49-21-9-20-41-18-6-5-7-19-41/h8,10-17,22-23,34H,5-7,9,18-21H2,1-4H3,(H,43,44)(H,38,39,40). The maximum Gasteiger partial charge on any atom is 0.413 e. The first-order valence-corrected chi connectivity index (χ1v) is 16.1. The number of halogens is 1. The van der Waals surface area contributed by atoms with E-state index in [1.54, 1.807) is 48.5 Å². The molecule has 0 saturated carbocycles. The van der Waals surface area contributed by atoms with Gasteiger partial charge in [-0.05, 0) is 80.9 Å². The zero-order chi connectivity index (χ0) is 34.8. The molecular weight excluding hydrogens is 633 g/mol. The van der Waals surface area contributed by atoms with Gasteiger partial charge < -0.3 is 39.0 Å². The summed E-state index contributed by atoms with van der Waals surface area (Å²) in [6.07, 6.45) is 4.61. The second-order valence-electron chi connectivity index (χ2n) is 11.4. The molecule has 13 heteroatoms. The van der Waals surface area contributed by atoms with Crippen molar-refractivity contribution in [2.75, 3.05) is 64.9 Å². The van der Waals surface area contributed by atoms with Gasteiger partial charge in [0, 0.05) is 30.1 Å². The average molecular weight is 676 g/mol. The number of carbonyl (C=O) groups is 1. The summed E-state index contributed by atoms with van der Waals surface area (Å²) in [5.41, 5.74) is 1.20. The van der Waals surface area contributed by atoms with Crippen molar-refractivity contribution in [2.24, 2.45) is 0 Å². The SMILES string of the molecule is COc1ccc(OC)c(C(c2c(OC)cccc2OC)N(C(=O)O)c2ccnc(Nc3ccc(OCCCN4CCCCC4)c(F)c3)n2)c1. The van der Waals surface area contributed by atoms with Crippen LogP contribution in [-0.4, -0.2) is 80.7 Å². The van der Waals surface area contributed by atoms with Gasteiger partial charge in [-0.2, -0.15) is 4.98 Å². The van der Waals surface area contributed by atoms with E-state index in [0.29, 0.717) is 46.4 Å². The van der Waals surface area contributed by atoms with E-state index < -0.39 is 18.0 Å². The highest BCUT2D eigenvalue weighted by molar-refractivity contribution is 5.88. The first kappa shape index (κ1) is 35.0. The summed E-state index contributed by atoms with van der Waals surface area (Å²) >= 11 is 0. The Balaban J connectivity index is 1.44. The molecule has 5 rings (SSSR count). The fourth-order valence-corrected chi connectivity index (χ4v) is 5.99. The summed E-state index contributed by atoms with van der Waals surface area (Å²) in [7, 11) is 5.98. The fraction of sp³-hybridized carbons (Fsp3) is 0.361. The van der Waals surface area contributed by atoms with Gasteiger partial charge in [-0.3, -0.25) is 0 Å². The van der Waals surface area contributed by atoms with Crippen LogP contribution in [0.25, 0.3) is 0 Å². The number of methoxy groups -OCH3 is 4. The van der Waals surface area contributed by atoms with Crippen LogP contribution >= 0.6 is 0 Å². The Morgan fingerprint density at radius 3 is 2.29 bits per heavy atom. The Morgan fingerprint density at radius 2 is 1.63 bits per heavy atom. The minimum atomic E-state index is -1.33. The Bertz CT molecular complexity index is 1700. The summed E-state index contributed by atoms with van der Waals surface area (Å²) in [5.74, 6) is 1.28. The number of nitrogens with zero attached hydrogens (tertiary/aromatic N) is 4. The molecule has 1 amide bonds. The van der Waals surface area contributed by atoms with E-state index in [0.717, 1.165) is 31.0 Å². The van der Waals surface area contributed by atoms with Crippen molar-refractivity contribution in [1.29, 1.82) is 0 Å². The normalized spacial score (nSPS) is 13.7. The lowest BCUT2D eigenvalue weighted by Gasteiger charge is -2.32. The molecule has 1 unspecified atom stereocenters. The molecule has 2 heterocycles. The van der Waals surface area contributed by atoms with Gasteiger partial charge in [-0.25, -0.2) is 19.1 Å². The monoisotopic (exact) mass is 675 g/mol. The number of piperidine rings is 1. The lowest BCUT2D eigenvalue weighted by Crippen LogP contribution is -2.36. The summed E-state index contributed by atoms with van der Waals surface area (Å²) < 4.78 is 43.4. The Kier molecular flexibility index (Phi) is 11.9. The highest BCUT2D eigenvalue weighted by Crippen LogP contribution is 2.46. The van der Waals surface area contributed by atoms with E-state index in [1.807, 2.05) is 0 Å². The second kappa shape index (κ2) is 16.7. The van der Waals surface area contributed by atoms with Crippen molar-refractivity contribution in [3.63, 3.8) is 0 Å². The molecule has 49 heavy (non-hydrogen) atoms. The minimum absolute atomic E-state index is 0.0157. The summed E-state index contributed by atoms with van der Waals surface area (Å²) in [6.45, 7) is 3.55. The number of benzene rings is 3. The number of ether oxygens (including phenoxy) is 5. The fourth-order valence-electron chi connectivity index (χ4n) is 5.99. The van der Waals surface area contributed by atoms with Gasteiger partial charge in [0.2, 0.25) is 5.95 Å². The van der Waals surface area contributed by atoms with Crippen molar-refractivity contribution in [3.05, 3.63) is 83.8 Å². The van der Waals surface area contributed by atoms with Crippen molar-refractivity contribution in [3.8, 4) is 28.7 Å². The number of amides is 1. The number of rotatable bonds is 15. The maximum absolute atomic E-state index is 15.1. The highest BCUT2D eigenvalue weighted by Gasteiger charge is 2.36. The number of likely N-dealkylation sites (tertiary alicyclic amines) is 1. The topological polar surface area (TPSA) is 128 Å². The molecule has 0 spiro atoms. The van der Waals surface area contributed by atoms with Gasteiger partial charge in [0.1, 0.15) is 34.9 Å². The van der Waals surface area contributed by atoms with Crippen LogP contribution in [0.1, 0.15) is 42.9 Å². The molecule has 260 valence electrons. The Labute approximate surface area is 285 Å². The van der Waals surface area contributed by atoms with Crippen LogP contribution in [0.4, 0.5) is 26.6 Å². The smallest absolute Gasteiger partial charge is 0.413 e. The van der Waals surface area contributed by atoms with Crippen molar-refractivity contribution in [2.45, 2.75) is 31.7 Å². The van der Waals surface area contributed by atoms with Gasteiger partial charge in [-0.15, -0.1) is 0 Å². The summed E-state index contributed by atoms with van der Waals surface area (Å²) in [5, 5.41) is 13.8. The predicted octanol–water partition coefficient (Wildman–Crippen LogP) is 6.92. The Hall–Kier alpha value is -5.30. The average Bonchev–Trinajstić information content (AvgIpc) is 3.12. The first-order chi connectivity index (χ1) is 23.9. The van der Waals surface area contributed by atoms with Crippen molar-refractivity contribution < 1.29 is 38.0 Å². The van der Waals surface area contributed by atoms with Gasteiger partial charge in [0.25, 0.3) is 0 Å². The summed E-state index contributed by atoms with van der Waals surface area (Å²) in [4.78, 5) is 25.5. The van der Waals surface area contributed by atoms with Gasteiger partial charge in [0.05, 0.1) is 40.6 Å². The molecule has 0 bridgehead atoms. The van der Waals surface area contributed by atoms with Gasteiger partial charge in [-0.1, -0.05) is 12.5 Å². The van der Waals surface area contributed by atoms with Crippen LogP contribution in [-0.2, 0) is 0 Å². The second-order valence-corrected chi connectivity index (χ2v) is 11.4. The lowest BCUT2D eigenvalue weighted by atomic mass is 9.94. The van der Waals surface area contributed by atoms with Crippen LogP contribution in [0, 0.1) is 5.82 Å². The molecule has 12 nitrogen and oxygen atoms in total. The zero-order valence-corrected chi connectivity index (χ0v) is 28.1. The number of hydrogen-bond donors (Lipinski definition) is 2. The maximum atomic E-state index is 15.1. The molecule has 0 radical (unpaired) electrons. The lowest BCUT2D eigenvalue weighted by molar-refractivity contribution is 0.199. The Morgan fingerprint density at radius 1 is 0.918 bits per heavy atom. The van der Waals surface area contributed by atoms with E-state index in [4.69, 9.17) is 23.7 Å². The number of hydrogen-bond acceptors (Lipinski definition) is 10. The molecule has 1 saturated heterocycles. The van der Waals surface area contributed by atoms with E-state index >= 15 is 4.39 Å². The van der Waals surface area contributed by atoms with E-state index in [1.165, 1.54) is 66.0 Å². The van der Waals surface area contributed by atoms with Crippen LogP contribution in [0.15, 0.2) is 66.9 Å². The molecule has 1 aliphatic rings. The van der Waals surface area contributed by atoms with E-state index in [-0.39, 0.29) is 17.5 Å². The quantitative estimate of drug-likeness (QED) is 0.127. The molecule has 1 aromatic heterocycles. The molecule has 1 atom stereocenters. The van der Waals surface area contributed by atoms with Gasteiger partial charge in [0.15, 0.2) is 11.6 Å². The molecule has 2 N–H and O–H groups in total. The van der Waals surface area contributed by atoms with E-state index in [2.05, 4.69) is 20.2 Å². The van der Waals surface area contributed by atoms with Gasteiger partial charge >= 0.3 is 6.09 Å². The number of aromatic nitrogens is 2. The third kappa shape index (κ3) is 8.41. The zero-order valence-electron chi connectivity index (χ0n) is 28.1. The molecule has 3 aromatic carbocycles. The number of anilines is 3. The molecular formula is C36H42FN5O7. The molecule has 1 fully saturated rings. The molecule has 4 aromatic rings. The third-order valence-electron chi connectivity index (χ3n) is 8.34. The molecule has 0 aliphatic carbocycles. The van der Waals surface area contributed by atoms with E-state index in [9.17, 15) is 9.90 Å². The number of nitrogens with one attached hydrogen (secondary N) is 1. The number of carboxylic acid groups (broad SMARTS) is 1. The van der Waals surface area contributed by atoms with Crippen LogP contribution in [0.5, 0.6) is 28.7 Å². The molecule has 1 aliphatic heterocycles. The van der Waals surface area contributed by atoms with Crippen LogP contribution in [0.2, 0.25) is 0 Å². The predicted molar refractivity (Wildman–Crippen MR) is 184 cm³/mol. The van der Waals surface area contributed by atoms with Crippen LogP contribution in [0.3, 0.4) is 0 Å². The summed E-state index contributed by atoms with van der Waals surface area (Å²) in [6, 6.07) is 15.1. The third-order valence-corrected chi connectivity index (χ3v) is 8.34. The first-order valence-electron chi connectivity index (χ1n) is 16.1. The largest absolute Gasteiger partial charge is 0.497 e. The highest BCUT2D eigenvalue weighted by atomic mass is 19.1. The van der Waals surface area contributed by atoms with Crippen molar-refractivity contribution in [1.82, 2.24) is 14.9 Å². The van der Waals surface area contributed by atoms with Crippen molar-refractivity contribution >= 4 is 23.5 Å².